The van der Waals surface area contributed by atoms with Crippen molar-refractivity contribution in [2.24, 2.45) is 0 Å². The number of ether oxygens (including phenoxy) is 5. The number of nitrogens with zero attached hydrogens (tertiary/aromatic N) is 3. The van der Waals surface area contributed by atoms with Crippen LogP contribution in [0.4, 0.5) is 33.7 Å². The van der Waals surface area contributed by atoms with Gasteiger partial charge in [-0.15, -0.1) is 0 Å². The highest BCUT2D eigenvalue weighted by Crippen LogP contribution is 2.37. The number of rotatable bonds is 12. The predicted octanol–water partition coefficient (Wildman–Crippen LogP) is 5.96. The Morgan fingerprint density at radius 2 is 1.61 bits per heavy atom. The molecule has 3 aromatic carbocycles. The molecule has 2 heterocycles. The number of aromatic nitrogens is 2. The van der Waals surface area contributed by atoms with Crippen LogP contribution in [0.1, 0.15) is 5.56 Å². The maximum Gasteiger partial charge on any atom is 0.419 e. The third-order valence-corrected chi connectivity index (χ3v) is 6.83. The van der Waals surface area contributed by atoms with Crippen molar-refractivity contribution in [3.63, 3.8) is 0 Å². The van der Waals surface area contributed by atoms with Gasteiger partial charge < -0.3 is 34.3 Å². The summed E-state index contributed by atoms with van der Waals surface area (Å²) in [6.07, 6.45) is -3.54. The van der Waals surface area contributed by atoms with Crippen molar-refractivity contribution in [2.45, 2.75) is 6.18 Å². The minimum absolute atomic E-state index is 0.224. The molecule has 5 rings (SSSR count). The number of nitrogens with one attached hydrogen (secondary N) is 2. The number of halogens is 4. The Morgan fingerprint density at radius 3 is 2.35 bits per heavy atom. The molecule has 1 aliphatic rings. The maximum atomic E-state index is 13.5. The molecular weight excluding hydrogens is 614 g/mol. The molecular formula is C31H31F4N5O6. The first kappa shape index (κ1) is 32.7. The number of hydrogen-bond acceptors (Lipinski definition) is 9. The Kier molecular flexibility index (Phi) is 10.7. The second-order valence-electron chi connectivity index (χ2n) is 10.0. The zero-order valence-corrected chi connectivity index (χ0v) is 24.7. The topological polar surface area (TPSA) is 116 Å². The van der Waals surface area contributed by atoms with Crippen molar-refractivity contribution < 1.29 is 46.0 Å². The van der Waals surface area contributed by atoms with Crippen LogP contribution in [0.25, 0.3) is 10.9 Å². The number of hydrogen-bond donors (Lipinski definition) is 2. The normalized spacial score (nSPS) is 13.8. The van der Waals surface area contributed by atoms with Gasteiger partial charge in [-0.05, 0) is 48.5 Å². The second kappa shape index (κ2) is 15.0. The number of methoxy groups -OCH3 is 1. The number of morpholine rings is 1. The lowest BCUT2D eigenvalue weighted by molar-refractivity contribution is -0.139. The van der Waals surface area contributed by atoms with Crippen molar-refractivity contribution in [2.75, 3.05) is 70.4 Å². The fraction of sp³-hybridized carbons (Fsp3) is 0.323. The van der Waals surface area contributed by atoms with Gasteiger partial charge in [-0.1, -0.05) is 0 Å². The SMILES string of the molecule is COCCOc1cc2c(Oc3ccc(NC(=O)Nc4ccc(F)c(C(F)(F)F)c4)cc3)ncnc2cc1OCCN1CCOCC1. The monoisotopic (exact) mass is 645 g/mol. The third-order valence-electron chi connectivity index (χ3n) is 6.83. The lowest BCUT2D eigenvalue weighted by Gasteiger charge is -2.26. The van der Waals surface area contributed by atoms with E-state index in [1.165, 1.54) is 18.5 Å². The quantitative estimate of drug-likeness (QED) is 0.142. The molecule has 46 heavy (non-hydrogen) atoms. The first-order valence-electron chi connectivity index (χ1n) is 14.3. The molecule has 0 saturated carbocycles. The van der Waals surface area contributed by atoms with E-state index in [2.05, 4.69) is 25.5 Å². The first-order chi connectivity index (χ1) is 22.2. The average molecular weight is 646 g/mol. The first-order valence-corrected chi connectivity index (χ1v) is 14.3. The van der Waals surface area contributed by atoms with Crippen LogP contribution in [0.15, 0.2) is 60.9 Å². The van der Waals surface area contributed by atoms with E-state index in [1.807, 2.05) is 0 Å². The van der Waals surface area contributed by atoms with Gasteiger partial charge in [0.1, 0.15) is 31.1 Å². The number of alkyl halides is 3. The van der Waals surface area contributed by atoms with Crippen molar-refractivity contribution in [1.82, 2.24) is 14.9 Å². The smallest absolute Gasteiger partial charge is 0.419 e. The number of urea groups is 1. The molecule has 244 valence electrons. The Hall–Kier alpha value is -4.73. The number of anilines is 2. The van der Waals surface area contributed by atoms with Gasteiger partial charge in [0.2, 0.25) is 5.88 Å². The molecule has 15 heteroatoms. The summed E-state index contributed by atoms with van der Waals surface area (Å²) in [7, 11) is 1.58. The van der Waals surface area contributed by atoms with Gasteiger partial charge in [0.25, 0.3) is 0 Å². The molecule has 11 nitrogen and oxygen atoms in total. The number of fused-ring (bicyclic) bond motifs is 1. The van der Waals surface area contributed by atoms with Crippen molar-refractivity contribution >= 4 is 28.3 Å². The zero-order valence-electron chi connectivity index (χ0n) is 24.7. The molecule has 0 aliphatic carbocycles. The summed E-state index contributed by atoms with van der Waals surface area (Å²) < 4.78 is 81.1. The molecule has 1 fully saturated rings. The summed E-state index contributed by atoms with van der Waals surface area (Å²) in [6.45, 7) is 4.92. The Morgan fingerprint density at radius 1 is 0.913 bits per heavy atom. The number of carbonyl (C=O) groups excluding carboxylic acids is 1. The van der Waals surface area contributed by atoms with Crippen molar-refractivity contribution in [3.8, 4) is 23.1 Å². The van der Waals surface area contributed by atoms with E-state index < -0.39 is 23.6 Å². The Balaban J connectivity index is 1.26. The predicted molar refractivity (Wildman–Crippen MR) is 160 cm³/mol. The lowest BCUT2D eigenvalue weighted by Crippen LogP contribution is -2.38. The average Bonchev–Trinajstić information content (AvgIpc) is 3.03. The molecule has 0 bridgehead atoms. The number of carbonyl (C=O) groups is 1. The third kappa shape index (κ3) is 8.71. The highest BCUT2D eigenvalue weighted by molar-refractivity contribution is 5.99. The molecule has 4 aromatic rings. The molecule has 2 N–H and O–H groups in total. The number of benzene rings is 3. The lowest BCUT2D eigenvalue weighted by atomic mass is 10.2. The van der Waals surface area contributed by atoms with Crippen LogP contribution in [0.2, 0.25) is 0 Å². The Bertz CT molecular complexity index is 1630. The van der Waals surface area contributed by atoms with Gasteiger partial charge in [0, 0.05) is 44.2 Å². The summed E-state index contributed by atoms with van der Waals surface area (Å²) in [5.74, 6) is 0.183. The molecule has 0 atom stereocenters. The van der Waals surface area contributed by atoms with Crippen LogP contribution in [-0.4, -0.2) is 80.7 Å². The Labute approximate surface area is 261 Å². The van der Waals surface area contributed by atoms with E-state index in [1.54, 1.807) is 31.4 Å². The van der Waals surface area contributed by atoms with E-state index in [0.717, 1.165) is 25.7 Å². The molecule has 0 spiro atoms. The molecule has 1 aliphatic heterocycles. The summed E-state index contributed by atoms with van der Waals surface area (Å²) >= 11 is 0. The molecule has 1 aromatic heterocycles. The standard InChI is InChI=1S/C31H31F4N5O6/c1-42-14-15-45-27-17-23-26(18-28(27)44-13-10-40-8-11-43-12-9-40)36-19-37-29(23)46-22-5-2-20(3-6-22)38-30(41)39-21-4-7-25(32)24(16-21)31(33,34)35/h2-7,16-19H,8-15H2,1H3,(H2,38,39,41). The fourth-order valence-corrected chi connectivity index (χ4v) is 4.52. The van der Waals surface area contributed by atoms with Crippen LogP contribution in [0.5, 0.6) is 23.1 Å². The van der Waals surface area contributed by atoms with Gasteiger partial charge in [-0.2, -0.15) is 13.2 Å². The van der Waals surface area contributed by atoms with Crippen molar-refractivity contribution in [1.29, 1.82) is 0 Å². The van der Waals surface area contributed by atoms with Crippen LogP contribution in [0, 0.1) is 5.82 Å². The van der Waals surface area contributed by atoms with E-state index >= 15 is 0 Å². The minimum atomic E-state index is -4.90. The number of amides is 2. The maximum absolute atomic E-state index is 13.5. The van der Waals surface area contributed by atoms with Crippen LogP contribution in [0.3, 0.4) is 0 Å². The van der Waals surface area contributed by atoms with Gasteiger partial charge in [-0.25, -0.2) is 19.2 Å². The zero-order chi connectivity index (χ0) is 32.5. The molecule has 2 amide bonds. The molecule has 0 radical (unpaired) electrons. The van der Waals surface area contributed by atoms with Crippen LogP contribution in [-0.2, 0) is 15.7 Å². The largest absolute Gasteiger partial charge is 0.488 e. The van der Waals surface area contributed by atoms with E-state index in [9.17, 15) is 22.4 Å². The highest BCUT2D eigenvalue weighted by Gasteiger charge is 2.34. The van der Waals surface area contributed by atoms with E-state index in [4.69, 9.17) is 23.7 Å². The summed E-state index contributed by atoms with van der Waals surface area (Å²) in [6, 6.07) is 11.1. The summed E-state index contributed by atoms with van der Waals surface area (Å²) in [5, 5.41) is 5.33. The van der Waals surface area contributed by atoms with E-state index in [-0.39, 0.29) is 11.6 Å². The van der Waals surface area contributed by atoms with Gasteiger partial charge in [-0.3, -0.25) is 4.90 Å². The molecule has 1 saturated heterocycles. The summed E-state index contributed by atoms with van der Waals surface area (Å²) in [5.41, 5.74) is -0.818. The van der Waals surface area contributed by atoms with Gasteiger partial charge >= 0.3 is 12.2 Å². The highest BCUT2D eigenvalue weighted by atomic mass is 19.4. The van der Waals surface area contributed by atoms with Gasteiger partial charge in [0.05, 0.1) is 36.3 Å². The molecule has 0 unspecified atom stereocenters. The minimum Gasteiger partial charge on any atom is -0.488 e. The van der Waals surface area contributed by atoms with E-state index in [0.29, 0.717) is 79.0 Å². The second-order valence-corrected chi connectivity index (χ2v) is 10.0. The fourth-order valence-electron chi connectivity index (χ4n) is 4.52. The van der Waals surface area contributed by atoms with Crippen LogP contribution >= 0.6 is 0 Å². The summed E-state index contributed by atoms with van der Waals surface area (Å²) in [4.78, 5) is 23.3. The van der Waals surface area contributed by atoms with Crippen molar-refractivity contribution in [3.05, 3.63) is 72.3 Å². The van der Waals surface area contributed by atoms with Crippen LogP contribution < -0.4 is 24.8 Å². The van der Waals surface area contributed by atoms with Gasteiger partial charge in [0.15, 0.2) is 11.5 Å².